The molecule has 0 saturated carbocycles. The lowest BCUT2D eigenvalue weighted by Gasteiger charge is -2.24. The van der Waals surface area contributed by atoms with Crippen LogP contribution in [0.1, 0.15) is 20.7 Å². The molecule has 0 bridgehead atoms. The number of anilines is 1. The van der Waals surface area contributed by atoms with Crippen molar-refractivity contribution in [3.63, 3.8) is 0 Å². The zero-order valence-corrected chi connectivity index (χ0v) is 25.7. The van der Waals surface area contributed by atoms with Crippen LogP contribution in [0.2, 0.25) is 0 Å². The van der Waals surface area contributed by atoms with Crippen molar-refractivity contribution in [1.29, 1.82) is 0 Å². The van der Waals surface area contributed by atoms with Crippen molar-refractivity contribution in [3.8, 4) is 36.2 Å². The second-order valence-corrected chi connectivity index (χ2v) is 9.78. The molecule has 0 aliphatic rings. The van der Waals surface area contributed by atoms with E-state index >= 15 is 0 Å². The van der Waals surface area contributed by atoms with E-state index in [1.807, 2.05) is 4.90 Å². The fraction of sp³-hybridized carbons (Fsp3) is 0.167. The fourth-order valence-corrected chi connectivity index (χ4v) is 4.14. The van der Waals surface area contributed by atoms with Crippen LogP contribution in [0.4, 0.5) is 22.7 Å². The lowest BCUT2D eigenvalue weighted by molar-refractivity contribution is -0.384. The van der Waals surface area contributed by atoms with Crippen molar-refractivity contribution in [2.45, 2.75) is 0 Å². The average Bonchev–Trinajstić information content (AvgIpc) is 3.12. The van der Waals surface area contributed by atoms with Crippen LogP contribution in [0.15, 0.2) is 107 Å². The summed E-state index contributed by atoms with van der Waals surface area (Å²) < 4.78 is 21.7. The Bertz CT molecular complexity index is 1710. The summed E-state index contributed by atoms with van der Waals surface area (Å²) in [5, 5.41) is 19.2. The van der Waals surface area contributed by atoms with Crippen LogP contribution >= 0.6 is 0 Å². The van der Waals surface area contributed by atoms with E-state index in [4.69, 9.17) is 31.8 Å². The Hall–Kier alpha value is -6.66. The molecule has 0 fully saturated rings. The highest BCUT2D eigenvalue weighted by Crippen LogP contribution is 2.24. The molecule has 0 heterocycles. The number of nitro benzene ring substituents is 1. The number of azo groups is 1. The van der Waals surface area contributed by atoms with Crippen molar-refractivity contribution < 1.29 is 33.5 Å². The Morgan fingerprint density at radius 2 is 1.08 bits per heavy atom. The summed E-state index contributed by atoms with van der Waals surface area (Å²) in [5.41, 5.74) is 2.41. The van der Waals surface area contributed by atoms with Crippen molar-refractivity contribution in [1.82, 2.24) is 0 Å². The van der Waals surface area contributed by atoms with E-state index in [0.717, 1.165) is 5.69 Å². The minimum atomic E-state index is -0.512. The fourth-order valence-electron chi connectivity index (χ4n) is 4.14. The molecule has 0 unspecified atom stereocenters. The zero-order chi connectivity index (χ0) is 34.1. The Balaban J connectivity index is 1.38. The highest BCUT2D eigenvalue weighted by molar-refractivity contribution is 5.90. The van der Waals surface area contributed by atoms with E-state index in [9.17, 15) is 19.7 Å². The van der Waals surface area contributed by atoms with E-state index in [1.165, 1.54) is 24.3 Å². The van der Waals surface area contributed by atoms with Gasteiger partial charge in [-0.05, 0) is 84.9 Å². The largest absolute Gasteiger partial charge is 0.481 e. The molecule has 4 rings (SSSR count). The topological polar surface area (TPSA) is 142 Å². The van der Waals surface area contributed by atoms with Crippen molar-refractivity contribution in [2.24, 2.45) is 10.2 Å². The first-order chi connectivity index (χ1) is 23.4. The first-order valence-corrected chi connectivity index (χ1v) is 14.5. The number of hydrogen-bond donors (Lipinski definition) is 0. The summed E-state index contributed by atoms with van der Waals surface area (Å²) in [4.78, 5) is 37.6. The highest BCUT2D eigenvalue weighted by Gasteiger charge is 2.13. The third-order valence-corrected chi connectivity index (χ3v) is 6.57. The molecule has 0 N–H and O–H groups in total. The third-order valence-electron chi connectivity index (χ3n) is 6.57. The van der Waals surface area contributed by atoms with Gasteiger partial charge < -0.3 is 23.8 Å². The Morgan fingerprint density at radius 3 is 1.48 bits per heavy atom. The first kappa shape index (κ1) is 34.2. The molecule has 0 amide bonds. The van der Waals surface area contributed by atoms with Gasteiger partial charge in [-0.2, -0.15) is 10.2 Å². The smallest absolute Gasteiger partial charge is 0.338 e. The van der Waals surface area contributed by atoms with Crippen molar-refractivity contribution in [3.05, 3.63) is 118 Å². The predicted molar refractivity (Wildman–Crippen MR) is 178 cm³/mol. The molecular weight excluding hydrogens is 616 g/mol. The number of rotatable bonds is 16. The highest BCUT2D eigenvalue weighted by atomic mass is 16.6. The second-order valence-electron chi connectivity index (χ2n) is 9.78. The number of ether oxygens (including phenoxy) is 4. The van der Waals surface area contributed by atoms with Gasteiger partial charge in [0.2, 0.25) is 0 Å². The molecule has 12 heteroatoms. The van der Waals surface area contributed by atoms with Gasteiger partial charge in [0.05, 0.1) is 40.5 Å². The Morgan fingerprint density at radius 1 is 0.667 bits per heavy atom. The van der Waals surface area contributed by atoms with Gasteiger partial charge in [0.25, 0.3) is 5.69 Å². The molecule has 48 heavy (non-hydrogen) atoms. The maximum absolute atomic E-state index is 12.7. The maximum Gasteiger partial charge on any atom is 0.338 e. The SMILES string of the molecule is C#CCOc1ccc(C(=O)OCCN(CCOC(=O)c2ccc(OCC#C)cc2)c2ccc(N=Nc3ccc([N+](=O)[O-])cc3)cc2)cc1. The Kier molecular flexibility index (Phi) is 12.6. The number of non-ortho nitro benzene ring substituents is 1. The molecule has 12 nitrogen and oxygen atoms in total. The van der Waals surface area contributed by atoms with Crippen LogP contribution < -0.4 is 14.4 Å². The maximum atomic E-state index is 12.7. The van der Waals surface area contributed by atoms with E-state index in [0.29, 0.717) is 34.0 Å². The number of nitro groups is 1. The first-order valence-electron chi connectivity index (χ1n) is 14.5. The van der Waals surface area contributed by atoms with E-state index in [-0.39, 0.29) is 45.2 Å². The molecule has 0 saturated heterocycles. The van der Waals surface area contributed by atoms with Crippen LogP contribution in [0, 0.1) is 34.8 Å². The van der Waals surface area contributed by atoms with Crippen molar-refractivity contribution in [2.75, 3.05) is 44.4 Å². The number of hydrogen-bond acceptors (Lipinski definition) is 11. The molecule has 0 aliphatic heterocycles. The normalized spacial score (nSPS) is 10.4. The molecule has 0 aromatic heterocycles. The van der Waals surface area contributed by atoms with Crippen LogP contribution in [0.25, 0.3) is 0 Å². The molecule has 0 aliphatic carbocycles. The van der Waals surface area contributed by atoms with Gasteiger partial charge >= 0.3 is 11.9 Å². The van der Waals surface area contributed by atoms with Gasteiger partial charge in [0.1, 0.15) is 37.9 Å². The molecule has 242 valence electrons. The van der Waals surface area contributed by atoms with Gasteiger partial charge in [-0.1, -0.05) is 11.8 Å². The van der Waals surface area contributed by atoms with Crippen LogP contribution in [0.3, 0.4) is 0 Å². The lowest BCUT2D eigenvalue weighted by Crippen LogP contribution is -2.32. The quantitative estimate of drug-likeness (QED) is 0.0435. The molecule has 0 atom stereocenters. The summed E-state index contributed by atoms with van der Waals surface area (Å²) in [6.07, 6.45) is 10.4. The average molecular weight is 647 g/mol. The Labute approximate surface area is 277 Å². The number of terminal acetylenes is 2. The van der Waals surface area contributed by atoms with Gasteiger partial charge in [0.15, 0.2) is 0 Å². The lowest BCUT2D eigenvalue weighted by atomic mass is 10.2. The summed E-state index contributed by atoms with van der Waals surface area (Å²) in [6, 6.07) is 25.7. The predicted octanol–water partition coefficient (Wildman–Crippen LogP) is 6.55. The van der Waals surface area contributed by atoms with E-state index in [2.05, 4.69) is 22.1 Å². The van der Waals surface area contributed by atoms with E-state index < -0.39 is 16.9 Å². The van der Waals surface area contributed by atoms with Crippen molar-refractivity contribution >= 4 is 34.7 Å². The van der Waals surface area contributed by atoms with Gasteiger partial charge in [-0.25, -0.2) is 9.59 Å². The van der Waals surface area contributed by atoms with Gasteiger partial charge in [0, 0.05) is 17.8 Å². The minimum Gasteiger partial charge on any atom is -0.481 e. The van der Waals surface area contributed by atoms with E-state index in [1.54, 1.807) is 72.8 Å². The van der Waals surface area contributed by atoms with Crippen LogP contribution in [-0.2, 0) is 9.47 Å². The number of carbonyl (C=O) groups is 2. The van der Waals surface area contributed by atoms with Crippen LogP contribution in [0.5, 0.6) is 11.5 Å². The summed E-state index contributed by atoms with van der Waals surface area (Å²) in [5.74, 6) is 4.80. The standard InChI is InChI=1S/C36H30N4O8/c1-3-23-45-33-17-5-27(6-18-33)35(41)47-25-21-39(22-26-48-36(42)28-7-19-34(20-8-28)46-24-4-2)31-13-9-29(10-14-31)37-38-30-11-15-32(16-12-30)40(43)44/h1-2,5-20H,21-26H2. The van der Waals surface area contributed by atoms with Gasteiger partial charge in [-0.15, -0.1) is 12.8 Å². The summed E-state index contributed by atoms with van der Waals surface area (Å²) in [6.45, 7) is 0.903. The zero-order valence-electron chi connectivity index (χ0n) is 25.7. The molecule has 4 aromatic rings. The number of benzene rings is 4. The molecular formula is C36H30N4O8. The number of carbonyl (C=O) groups excluding carboxylic acids is 2. The van der Waals surface area contributed by atoms with Gasteiger partial charge in [-0.3, -0.25) is 10.1 Å². The monoisotopic (exact) mass is 646 g/mol. The number of nitrogens with zero attached hydrogens (tertiary/aromatic N) is 4. The minimum absolute atomic E-state index is 0.0399. The molecule has 0 spiro atoms. The summed E-state index contributed by atoms with van der Waals surface area (Å²) >= 11 is 0. The molecule has 0 radical (unpaired) electrons. The second kappa shape index (κ2) is 17.7. The third kappa shape index (κ3) is 10.5. The van der Waals surface area contributed by atoms with Crippen LogP contribution in [-0.4, -0.2) is 56.4 Å². The molecule has 4 aromatic carbocycles. The summed E-state index contributed by atoms with van der Waals surface area (Å²) in [7, 11) is 0. The number of esters is 2.